The highest BCUT2D eigenvalue weighted by atomic mass is 19.4. The van der Waals surface area contributed by atoms with E-state index in [9.17, 15) is 22.4 Å². The van der Waals surface area contributed by atoms with Gasteiger partial charge in [-0.2, -0.15) is 13.2 Å². The second kappa shape index (κ2) is 5.78. The Morgan fingerprint density at radius 3 is 2.40 bits per heavy atom. The summed E-state index contributed by atoms with van der Waals surface area (Å²) in [5, 5.41) is 2.55. The number of nitrogens with one attached hydrogen (secondary N) is 1. The highest BCUT2D eigenvalue weighted by Crippen LogP contribution is 2.31. The minimum atomic E-state index is -4.84. The van der Waals surface area contributed by atoms with Crippen LogP contribution in [0.2, 0.25) is 0 Å². The zero-order valence-electron chi connectivity index (χ0n) is 11.1. The predicted octanol–water partition coefficient (Wildman–Crippen LogP) is 2.70. The van der Waals surface area contributed by atoms with Gasteiger partial charge in [0.2, 0.25) is 0 Å². The number of alkyl halides is 3. The van der Waals surface area contributed by atoms with Gasteiger partial charge in [-0.25, -0.2) is 4.39 Å². The topological polar surface area (TPSA) is 55.1 Å². The van der Waals surface area contributed by atoms with E-state index in [4.69, 9.17) is 5.73 Å². The molecule has 3 nitrogen and oxygen atoms in total. The van der Waals surface area contributed by atoms with Gasteiger partial charge in [0, 0.05) is 17.6 Å². The molecule has 0 spiro atoms. The third-order valence-corrected chi connectivity index (χ3v) is 3.18. The van der Waals surface area contributed by atoms with E-state index < -0.39 is 29.0 Å². The van der Waals surface area contributed by atoms with Crippen LogP contribution in [0.25, 0.3) is 0 Å². The lowest BCUT2D eigenvalue weighted by atomic mass is 9.98. The molecule has 0 bridgehead atoms. The first kappa shape index (κ1) is 16.4. The molecule has 1 unspecified atom stereocenters. The van der Waals surface area contributed by atoms with E-state index >= 15 is 0 Å². The third-order valence-electron chi connectivity index (χ3n) is 3.18. The maximum Gasteiger partial charge on any atom is 0.419 e. The van der Waals surface area contributed by atoms with Crippen LogP contribution in [0.5, 0.6) is 0 Å². The molecular formula is C13H16F4N2O. The number of carbonyl (C=O) groups is 1. The van der Waals surface area contributed by atoms with Crippen molar-refractivity contribution in [3.63, 3.8) is 0 Å². The quantitative estimate of drug-likeness (QED) is 0.838. The van der Waals surface area contributed by atoms with Gasteiger partial charge in [-0.15, -0.1) is 0 Å². The van der Waals surface area contributed by atoms with Crippen LogP contribution >= 0.6 is 0 Å². The fourth-order valence-electron chi connectivity index (χ4n) is 1.51. The summed E-state index contributed by atoms with van der Waals surface area (Å²) in [6.07, 6.45) is -4.33. The normalized spacial score (nSPS) is 14.8. The van der Waals surface area contributed by atoms with Crippen molar-refractivity contribution in [3.8, 4) is 0 Å². The summed E-state index contributed by atoms with van der Waals surface area (Å²) in [5.74, 6) is -2.13. The van der Waals surface area contributed by atoms with Gasteiger partial charge in [0.05, 0.1) is 5.56 Å². The first-order valence-corrected chi connectivity index (χ1v) is 6.02. The number of hydrogen-bond donors (Lipinski definition) is 2. The molecule has 112 valence electrons. The molecule has 0 fully saturated rings. The van der Waals surface area contributed by atoms with Crippen LogP contribution in [0.4, 0.5) is 17.6 Å². The van der Waals surface area contributed by atoms with E-state index in [1.165, 1.54) is 0 Å². The standard InChI is InChI=1S/C13H16F4N2O/c1-3-12(2,7-18)19-11(20)8-4-5-10(14)9(6-8)13(15,16)17/h4-6H,3,7,18H2,1-2H3,(H,19,20). The third kappa shape index (κ3) is 3.69. The van der Waals surface area contributed by atoms with Crippen molar-refractivity contribution in [2.75, 3.05) is 6.54 Å². The minimum Gasteiger partial charge on any atom is -0.346 e. The summed E-state index contributed by atoms with van der Waals surface area (Å²) in [6, 6.07) is 2.13. The first-order chi connectivity index (χ1) is 9.13. The maximum atomic E-state index is 13.1. The molecule has 7 heteroatoms. The Bertz CT molecular complexity index is 496. The molecule has 0 aromatic heterocycles. The number of benzene rings is 1. The van der Waals surface area contributed by atoms with Crippen molar-refractivity contribution in [1.29, 1.82) is 0 Å². The molecule has 1 rings (SSSR count). The Morgan fingerprint density at radius 1 is 1.35 bits per heavy atom. The average Bonchev–Trinajstić information content (AvgIpc) is 2.37. The zero-order chi connectivity index (χ0) is 15.6. The fourth-order valence-corrected chi connectivity index (χ4v) is 1.51. The van der Waals surface area contributed by atoms with Crippen LogP contribution in [0, 0.1) is 5.82 Å². The molecular weight excluding hydrogens is 276 g/mol. The maximum absolute atomic E-state index is 13.1. The second-order valence-electron chi connectivity index (χ2n) is 4.76. The number of carbonyl (C=O) groups excluding carboxylic acids is 1. The second-order valence-corrected chi connectivity index (χ2v) is 4.76. The summed E-state index contributed by atoms with van der Waals surface area (Å²) in [6.45, 7) is 3.61. The molecule has 1 aromatic rings. The van der Waals surface area contributed by atoms with Gasteiger partial charge in [-0.05, 0) is 31.5 Å². The lowest BCUT2D eigenvalue weighted by Gasteiger charge is -2.28. The summed E-state index contributed by atoms with van der Waals surface area (Å²) in [4.78, 5) is 11.9. The Kier molecular flexibility index (Phi) is 4.75. The van der Waals surface area contributed by atoms with Crippen LogP contribution in [0.3, 0.4) is 0 Å². The van der Waals surface area contributed by atoms with Gasteiger partial charge in [-0.3, -0.25) is 4.79 Å². The lowest BCUT2D eigenvalue weighted by Crippen LogP contribution is -2.50. The van der Waals surface area contributed by atoms with Crippen molar-refractivity contribution in [3.05, 3.63) is 35.1 Å². The molecule has 0 aliphatic rings. The number of hydrogen-bond acceptors (Lipinski definition) is 2. The molecule has 0 aliphatic carbocycles. The number of amides is 1. The van der Waals surface area contributed by atoms with Crippen LogP contribution in [0.1, 0.15) is 36.2 Å². The minimum absolute atomic E-state index is 0.141. The molecule has 20 heavy (non-hydrogen) atoms. The van der Waals surface area contributed by atoms with Gasteiger partial charge < -0.3 is 11.1 Å². The molecule has 1 aromatic carbocycles. The zero-order valence-corrected chi connectivity index (χ0v) is 11.1. The van der Waals surface area contributed by atoms with Gasteiger partial charge in [0.1, 0.15) is 5.82 Å². The van der Waals surface area contributed by atoms with E-state index in [1.54, 1.807) is 13.8 Å². The van der Waals surface area contributed by atoms with Crippen molar-refractivity contribution >= 4 is 5.91 Å². The van der Waals surface area contributed by atoms with Gasteiger partial charge in [-0.1, -0.05) is 6.92 Å². The van der Waals surface area contributed by atoms with E-state index in [2.05, 4.69) is 5.32 Å². The molecule has 1 amide bonds. The van der Waals surface area contributed by atoms with Gasteiger partial charge in [0.25, 0.3) is 5.91 Å². The first-order valence-electron chi connectivity index (χ1n) is 6.02. The van der Waals surface area contributed by atoms with Crippen molar-refractivity contribution in [1.82, 2.24) is 5.32 Å². The molecule has 0 radical (unpaired) electrons. The summed E-state index contributed by atoms with van der Waals surface area (Å²) in [7, 11) is 0. The largest absolute Gasteiger partial charge is 0.419 e. The summed E-state index contributed by atoms with van der Waals surface area (Å²) < 4.78 is 50.8. The van der Waals surface area contributed by atoms with Crippen molar-refractivity contribution in [2.24, 2.45) is 5.73 Å². The van der Waals surface area contributed by atoms with E-state index in [1.807, 2.05) is 0 Å². The monoisotopic (exact) mass is 292 g/mol. The molecule has 1 atom stereocenters. The highest BCUT2D eigenvalue weighted by Gasteiger charge is 2.35. The predicted molar refractivity (Wildman–Crippen MR) is 66.6 cm³/mol. The summed E-state index contributed by atoms with van der Waals surface area (Å²) >= 11 is 0. The van der Waals surface area contributed by atoms with E-state index in [-0.39, 0.29) is 12.1 Å². The lowest BCUT2D eigenvalue weighted by molar-refractivity contribution is -0.140. The summed E-state index contributed by atoms with van der Waals surface area (Å²) in [5.41, 5.74) is 3.07. The Balaban J connectivity index is 3.07. The smallest absolute Gasteiger partial charge is 0.346 e. The number of rotatable bonds is 4. The fraction of sp³-hybridized carbons (Fsp3) is 0.462. The van der Waals surface area contributed by atoms with Gasteiger partial charge in [0.15, 0.2) is 0 Å². The Labute approximate surface area is 114 Å². The Hall–Kier alpha value is -1.63. The van der Waals surface area contributed by atoms with Gasteiger partial charge >= 0.3 is 6.18 Å². The SMILES string of the molecule is CCC(C)(CN)NC(=O)c1ccc(F)c(C(F)(F)F)c1. The number of nitrogens with two attached hydrogens (primary N) is 1. The van der Waals surface area contributed by atoms with E-state index in [0.717, 1.165) is 6.07 Å². The van der Waals surface area contributed by atoms with Crippen LogP contribution in [-0.4, -0.2) is 18.0 Å². The molecule has 0 aliphatic heterocycles. The van der Waals surface area contributed by atoms with E-state index in [0.29, 0.717) is 18.6 Å². The molecule has 3 N–H and O–H groups in total. The molecule has 0 heterocycles. The van der Waals surface area contributed by atoms with Crippen molar-refractivity contribution in [2.45, 2.75) is 32.0 Å². The average molecular weight is 292 g/mol. The van der Waals surface area contributed by atoms with Crippen LogP contribution in [0.15, 0.2) is 18.2 Å². The van der Waals surface area contributed by atoms with Crippen molar-refractivity contribution < 1.29 is 22.4 Å². The van der Waals surface area contributed by atoms with Crippen LogP contribution in [-0.2, 0) is 6.18 Å². The highest BCUT2D eigenvalue weighted by molar-refractivity contribution is 5.94. The molecule has 0 saturated heterocycles. The molecule has 0 saturated carbocycles. The van der Waals surface area contributed by atoms with Crippen LogP contribution < -0.4 is 11.1 Å². The Morgan fingerprint density at radius 2 is 1.95 bits per heavy atom. The number of halogens is 4.